The number of rotatable bonds is 4. The van der Waals surface area contributed by atoms with Crippen molar-refractivity contribution >= 4 is 11.5 Å². The van der Waals surface area contributed by atoms with Crippen molar-refractivity contribution < 1.29 is 4.74 Å². The zero-order chi connectivity index (χ0) is 21.1. The van der Waals surface area contributed by atoms with Gasteiger partial charge in [-0.2, -0.15) is 0 Å². The number of nitrogens with one attached hydrogen (secondary N) is 1. The lowest BCUT2D eigenvalue weighted by Crippen LogP contribution is -2.44. The molecule has 0 spiro atoms. The first-order valence-corrected chi connectivity index (χ1v) is 11.4. The zero-order valence-electron chi connectivity index (χ0n) is 18.5. The van der Waals surface area contributed by atoms with Crippen LogP contribution in [-0.4, -0.2) is 43.4 Å². The number of hydrogen-bond acceptors (Lipinski definition) is 4. The number of morpholine rings is 1. The van der Waals surface area contributed by atoms with Gasteiger partial charge < -0.3 is 19.5 Å². The Morgan fingerprint density at radius 3 is 2.63 bits per heavy atom. The van der Waals surface area contributed by atoms with Crippen molar-refractivity contribution in [2.75, 3.05) is 36.0 Å². The average molecular weight is 410 g/mol. The topological polar surface area (TPSA) is 48.6 Å². The summed E-state index contributed by atoms with van der Waals surface area (Å²) in [5, 5.41) is 0. The molecule has 4 atom stereocenters. The molecule has 0 aliphatic carbocycles. The van der Waals surface area contributed by atoms with Crippen molar-refractivity contribution in [1.82, 2.24) is 4.98 Å². The molecule has 2 aliphatic heterocycles. The summed E-state index contributed by atoms with van der Waals surface area (Å²) in [7, 11) is 0. The molecule has 0 bridgehead atoms. The maximum absolute atomic E-state index is 12.7. The Labute approximate surface area is 180 Å². The lowest BCUT2D eigenvalue weighted by molar-refractivity contribution is 0.0532. The van der Waals surface area contributed by atoms with E-state index in [0.29, 0.717) is 24.5 Å². The molecule has 2 aliphatic rings. The molecule has 0 unspecified atom stereocenters. The third-order valence-electron chi connectivity index (χ3n) is 6.70. The Hall–Kier alpha value is -2.27. The summed E-state index contributed by atoms with van der Waals surface area (Å²) in [6.45, 7) is 10.1. The van der Waals surface area contributed by atoms with E-state index in [-0.39, 0.29) is 11.7 Å². The minimum absolute atomic E-state index is 0.0235. The molecule has 0 amide bonds. The molecule has 30 heavy (non-hydrogen) atoms. The number of anilines is 2. The number of aromatic nitrogens is 1. The van der Waals surface area contributed by atoms with Crippen molar-refractivity contribution in [3.8, 4) is 0 Å². The van der Waals surface area contributed by atoms with E-state index < -0.39 is 0 Å². The van der Waals surface area contributed by atoms with Crippen LogP contribution in [0.5, 0.6) is 0 Å². The molecule has 5 nitrogen and oxygen atoms in total. The van der Waals surface area contributed by atoms with Crippen LogP contribution in [0.15, 0.2) is 47.3 Å². The fourth-order valence-corrected chi connectivity index (χ4v) is 4.96. The van der Waals surface area contributed by atoms with Crippen LogP contribution in [0.2, 0.25) is 0 Å². The number of hydrogen-bond donors (Lipinski definition) is 1. The summed E-state index contributed by atoms with van der Waals surface area (Å²) in [6.07, 6.45) is 3.63. The van der Waals surface area contributed by atoms with Gasteiger partial charge in [0, 0.05) is 43.5 Å². The summed E-state index contributed by atoms with van der Waals surface area (Å²) >= 11 is 0. The highest BCUT2D eigenvalue weighted by Gasteiger charge is 2.31. The number of nitrogens with zero attached hydrogens (tertiary/aromatic N) is 2. The van der Waals surface area contributed by atoms with Crippen LogP contribution >= 0.6 is 0 Å². The molecule has 4 rings (SSSR count). The quantitative estimate of drug-likeness (QED) is 0.827. The molecule has 162 valence electrons. The maximum Gasteiger partial charge on any atom is 0.251 e. The van der Waals surface area contributed by atoms with Crippen molar-refractivity contribution in [1.29, 1.82) is 0 Å². The molecule has 0 saturated carbocycles. The van der Waals surface area contributed by atoms with Crippen LogP contribution in [0, 0.1) is 11.8 Å². The van der Waals surface area contributed by atoms with Crippen molar-refractivity contribution in [2.24, 2.45) is 11.8 Å². The number of pyridine rings is 1. The Morgan fingerprint density at radius 2 is 1.87 bits per heavy atom. The molecule has 2 fully saturated rings. The number of aromatic amines is 1. The van der Waals surface area contributed by atoms with E-state index in [0.717, 1.165) is 37.6 Å². The highest BCUT2D eigenvalue weighted by atomic mass is 16.5. The van der Waals surface area contributed by atoms with Gasteiger partial charge in [0.2, 0.25) is 0 Å². The Kier molecular flexibility index (Phi) is 6.47. The van der Waals surface area contributed by atoms with Gasteiger partial charge in [-0.3, -0.25) is 4.79 Å². The monoisotopic (exact) mass is 409 g/mol. The molecule has 3 heterocycles. The first-order chi connectivity index (χ1) is 14.5. The lowest BCUT2D eigenvalue weighted by Gasteiger charge is -2.37. The predicted octanol–water partition coefficient (Wildman–Crippen LogP) is 4.08. The van der Waals surface area contributed by atoms with Gasteiger partial charge >= 0.3 is 0 Å². The van der Waals surface area contributed by atoms with Gasteiger partial charge in [0.15, 0.2) is 0 Å². The smallest absolute Gasteiger partial charge is 0.251 e. The van der Waals surface area contributed by atoms with E-state index in [4.69, 9.17) is 4.74 Å². The summed E-state index contributed by atoms with van der Waals surface area (Å²) in [6, 6.07) is 15.0. The van der Waals surface area contributed by atoms with Gasteiger partial charge in [-0.25, -0.2) is 0 Å². The molecule has 2 saturated heterocycles. The second kappa shape index (κ2) is 9.25. The fourth-order valence-electron chi connectivity index (χ4n) is 4.96. The van der Waals surface area contributed by atoms with Crippen molar-refractivity contribution in [3.63, 3.8) is 0 Å². The van der Waals surface area contributed by atoms with Gasteiger partial charge in [0.05, 0.1) is 12.7 Å². The third-order valence-corrected chi connectivity index (χ3v) is 6.70. The van der Waals surface area contributed by atoms with Gasteiger partial charge in [-0.15, -0.1) is 0 Å². The second-order valence-corrected chi connectivity index (χ2v) is 9.28. The Bertz CT molecular complexity index is 881. The van der Waals surface area contributed by atoms with E-state index in [1.165, 1.54) is 18.4 Å². The van der Waals surface area contributed by atoms with Crippen molar-refractivity contribution in [2.45, 2.75) is 52.2 Å². The standard InChI is InChI=1S/C25H35N3O2/c1-18-9-10-19(2)23(13-21-7-5-4-6-8-21)28(16-18)24-14-22(15-25(29)26-24)27-11-12-30-20(3)17-27/h4-8,14-15,18-20,23H,9-13,16-17H2,1-3H3,(H,26,29)/t18-,19+,20-,23+/m1/s1. The highest BCUT2D eigenvalue weighted by Crippen LogP contribution is 2.32. The van der Waals surface area contributed by atoms with E-state index >= 15 is 0 Å². The van der Waals surface area contributed by atoms with Crippen LogP contribution in [-0.2, 0) is 11.2 Å². The average Bonchev–Trinajstić information content (AvgIpc) is 2.88. The molecule has 1 aromatic carbocycles. The largest absolute Gasteiger partial charge is 0.375 e. The van der Waals surface area contributed by atoms with Crippen molar-refractivity contribution in [3.05, 3.63) is 58.4 Å². The molecule has 1 aromatic heterocycles. The van der Waals surface area contributed by atoms with Crippen LogP contribution in [0.4, 0.5) is 11.5 Å². The number of ether oxygens (including phenoxy) is 1. The number of benzene rings is 1. The molecule has 0 radical (unpaired) electrons. The zero-order valence-corrected chi connectivity index (χ0v) is 18.5. The van der Waals surface area contributed by atoms with E-state index in [1.807, 2.05) is 0 Å². The molecule has 1 N–H and O–H groups in total. The molecular formula is C25H35N3O2. The third kappa shape index (κ3) is 4.89. The first-order valence-electron chi connectivity index (χ1n) is 11.4. The van der Waals surface area contributed by atoms with Crippen LogP contribution < -0.4 is 15.4 Å². The predicted molar refractivity (Wildman–Crippen MR) is 124 cm³/mol. The van der Waals surface area contributed by atoms with E-state index in [9.17, 15) is 4.79 Å². The lowest BCUT2D eigenvalue weighted by atomic mass is 9.91. The highest BCUT2D eigenvalue weighted by molar-refractivity contribution is 5.56. The van der Waals surface area contributed by atoms with Crippen LogP contribution in [0.1, 0.15) is 39.2 Å². The van der Waals surface area contributed by atoms with Gasteiger partial charge in [-0.05, 0) is 43.6 Å². The summed E-state index contributed by atoms with van der Waals surface area (Å²) < 4.78 is 5.70. The van der Waals surface area contributed by atoms with Crippen LogP contribution in [0.25, 0.3) is 0 Å². The SMILES string of the molecule is C[C@@H]1CC[C@H](C)[C@H](Cc2ccccc2)N(c2cc(N3CCO[C@H](C)C3)cc(=O)[nH]2)C1. The van der Waals surface area contributed by atoms with Gasteiger partial charge in [0.25, 0.3) is 5.56 Å². The van der Waals surface area contributed by atoms with Gasteiger partial charge in [0.1, 0.15) is 5.82 Å². The fraction of sp³-hybridized carbons (Fsp3) is 0.560. The second-order valence-electron chi connectivity index (χ2n) is 9.28. The summed E-state index contributed by atoms with van der Waals surface area (Å²) in [4.78, 5) is 20.6. The molecular weight excluding hydrogens is 374 g/mol. The van der Waals surface area contributed by atoms with Crippen LogP contribution in [0.3, 0.4) is 0 Å². The normalized spacial score (nSPS) is 27.7. The minimum Gasteiger partial charge on any atom is -0.375 e. The Morgan fingerprint density at radius 1 is 1.07 bits per heavy atom. The molecule has 2 aromatic rings. The van der Waals surface area contributed by atoms with Gasteiger partial charge in [-0.1, -0.05) is 44.2 Å². The maximum atomic E-state index is 12.7. The summed E-state index contributed by atoms with van der Waals surface area (Å²) in [5.41, 5.74) is 2.34. The molecule has 5 heteroatoms. The minimum atomic E-state index is -0.0235. The Balaban J connectivity index is 1.68. The van der Waals surface area contributed by atoms with E-state index in [1.54, 1.807) is 6.07 Å². The summed E-state index contributed by atoms with van der Waals surface area (Å²) in [5.74, 6) is 2.12. The number of H-pyrrole nitrogens is 1. The first kappa shape index (κ1) is 21.0. The van der Waals surface area contributed by atoms with E-state index in [2.05, 4.69) is 72.0 Å².